The van der Waals surface area contributed by atoms with Crippen LogP contribution in [0.3, 0.4) is 0 Å². The van der Waals surface area contributed by atoms with E-state index in [1.54, 1.807) is 12.1 Å². The topological polar surface area (TPSA) is 29.5 Å². The largest absolute Gasteiger partial charge is 0.489 e. The quantitative estimate of drug-likeness (QED) is 0.909. The molecule has 0 saturated carbocycles. The van der Waals surface area contributed by atoms with Gasteiger partial charge in [-0.1, -0.05) is 23.7 Å². The Labute approximate surface area is 128 Å². The van der Waals surface area contributed by atoms with Crippen LogP contribution in [0.1, 0.15) is 35.6 Å². The highest BCUT2D eigenvalue weighted by atomic mass is 35.5. The van der Waals surface area contributed by atoms with E-state index in [0.29, 0.717) is 12.4 Å². The second kappa shape index (κ2) is 6.04. The number of halogens is 2. The van der Waals surface area contributed by atoms with Gasteiger partial charge in [0, 0.05) is 0 Å². The van der Waals surface area contributed by atoms with Crippen molar-refractivity contribution < 1.29 is 14.2 Å². The number of hydrogen-bond acceptors (Lipinski definition) is 2. The number of hydrogen-bond donors (Lipinski definition) is 1. The van der Waals surface area contributed by atoms with Crippen LogP contribution in [0.25, 0.3) is 0 Å². The summed E-state index contributed by atoms with van der Waals surface area (Å²) in [6.07, 6.45) is 2.41. The first-order chi connectivity index (χ1) is 10.1. The van der Waals surface area contributed by atoms with Crippen molar-refractivity contribution in [1.82, 2.24) is 0 Å². The SMILES string of the molecule is O[C@@H]1CCCc2ccc(OCc3ccc(F)c(Cl)c3)cc21. The van der Waals surface area contributed by atoms with E-state index >= 15 is 0 Å². The summed E-state index contributed by atoms with van der Waals surface area (Å²) in [7, 11) is 0. The number of ether oxygens (including phenoxy) is 1. The molecule has 0 amide bonds. The molecule has 0 saturated heterocycles. The third kappa shape index (κ3) is 3.20. The maximum atomic E-state index is 13.1. The fraction of sp³-hybridized carbons (Fsp3) is 0.294. The number of aliphatic hydroxyl groups excluding tert-OH is 1. The fourth-order valence-electron chi connectivity index (χ4n) is 2.64. The zero-order chi connectivity index (χ0) is 14.8. The van der Waals surface area contributed by atoms with Crippen LogP contribution in [0.5, 0.6) is 5.75 Å². The molecule has 21 heavy (non-hydrogen) atoms. The highest BCUT2D eigenvalue weighted by molar-refractivity contribution is 6.30. The third-order valence-corrected chi connectivity index (χ3v) is 4.08. The Morgan fingerprint density at radius 1 is 1.24 bits per heavy atom. The summed E-state index contributed by atoms with van der Waals surface area (Å²) in [5.74, 6) is 0.271. The average molecular weight is 307 g/mol. The Morgan fingerprint density at radius 3 is 2.90 bits per heavy atom. The van der Waals surface area contributed by atoms with E-state index in [0.717, 1.165) is 30.4 Å². The monoisotopic (exact) mass is 306 g/mol. The molecule has 1 atom stereocenters. The van der Waals surface area contributed by atoms with Gasteiger partial charge in [0.15, 0.2) is 0 Å². The van der Waals surface area contributed by atoms with E-state index in [4.69, 9.17) is 16.3 Å². The maximum absolute atomic E-state index is 13.1. The lowest BCUT2D eigenvalue weighted by Crippen LogP contribution is -2.09. The van der Waals surface area contributed by atoms with Crippen molar-refractivity contribution in [2.24, 2.45) is 0 Å². The van der Waals surface area contributed by atoms with Gasteiger partial charge < -0.3 is 9.84 Å². The molecule has 0 fully saturated rings. The van der Waals surface area contributed by atoms with Crippen LogP contribution in [0.4, 0.5) is 4.39 Å². The molecule has 0 bridgehead atoms. The Hall–Kier alpha value is -1.58. The molecule has 0 unspecified atom stereocenters. The number of rotatable bonds is 3. The Kier molecular flexibility index (Phi) is 4.13. The smallest absolute Gasteiger partial charge is 0.141 e. The molecule has 0 heterocycles. The molecule has 2 aromatic carbocycles. The summed E-state index contributed by atoms with van der Waals surface area (Å²) in [4.78, 5) is 0. The van der Waals surface area contributed by atoms with Crippen molar-refractivity contribution in [3.63, 3.8) is 0 Å². The van der Waals surface area contributed by atoms with Gasteiger partial charge >= 0.3 is 0 Å². The summed E-state index contributed by atoms with van der Waals surface area (Å²) in [6.45, 7) is 0.314. The molecule has 0 aromatic heterocycles. The molecule has 2 aromatic rings. The van der Waals surface area contributed by atoms with Crippen LogP contribution >= 0.6 is 11.6 Å². The van der Waals surface area contributed by atoms with Gasteiger partial charge in [0.1, 0.15) is 18.2 Å². The van der Waals surface area contributed by atoms with Crippen molar-refractivity contribution in [2.45, 2.75) is 32.0 Å². The zero-order valence-electron chi connectivity index (χ0n) is 11.5. The molecule has 0 spiro atoms. The lowest BCUT2D eigenvalue weighted by atomic mass is 9.89. The Balaban J connectivity index is 1.73. The minimum atomic E-state index is -0.433. The van der Waals surface area contributed by atoms with Crippen LogP contribution in [-0.2, 0) is 13.0 Å². The number of benzene rings is 2. The molecule has 1 N–H and O–H groups in total. The molecule has 0 aliphatic heterocycles. The van der Waals surface area contributed by atoms with E-state index in [2.05, 4.69) is 0 Å². The second-order valence-electron chi connectivity index (χ2n) is 5.31. The molecule has 110 valence electrons. The van der Waals surface area contributed by atoms with Gasteiger partial charge in [0.2, 0.25) is 0 Å². The van der Waals surface area contributed by atoms with Crippen LogP contribution in [0.15, 0.2) is 36.4 Å². The van der Waals surface area contributed by atoms with Crippen LogP contribution in [-0.4, -0.2) is 5.11 Å². The zero-order valence-corrected chi connectivity index (χ0v) is 12.2. The van der Waals surface area contributed by atoms with Gasteiger partial charge in [-0.2, -0.15) is 0 Å². The van der Waals surface area contributed by atoms with E-state index < -0.39 is 11.9 Å². The molecule has 0 radical (unpaired) electrons. The van der Waals surface area contributed by atoms with Gasteiger partial charge in [0.25, 0.3) is 0 Å². The normalized spacial score (nSPS) is 17.4. The summed E-state index contributed by atoms with van der Waals surface area (Å²) >= 11 is 5.75. The summed E-state index contributed by atoms with van der Waals surface area (Å²) in [6, 6.07) is 10.3. The fourth-order valence-corrected chi connectivity index (χ4v) is 2.84. The summed E-state index contributed by atoms with van der Waals surface area (Å²) in [5.41, 5.74) is 2.95. The minimum Gasteiger partial charge on any atom is -0.489 e. The predicted molar refractivity (Wildman–Crippen MR) is 80.1 cm³/mol. The molecular formula is C17H16ClFO2. The first-order valence-corrected chi connectivity index (χ1v) is 7.39. The van der Waals surface area contributed by atoms with Gasteiger partial charge in [-0.15, -0.1) is 0 Å². The lowest BCUT2D eigenvalue weighted by molar-refractivity contribution is 0.156. The van der Waals surface area contributed by atoms with Crippen molar-refractivity contribution in [3.8, 4) is 5.75 Å². The number of aryl methyl sites for hydroxylation is 1. The molecular weight excluding hydrogens is 291 g/mol. The van der Waals surface area contributed by atoms with E-state index in [1.807, 2.05) is 18.2 Å². The van der Waals surface area contributed by atoms with E-state index in [9.17, 15) is 9.50 Å². The summed E-state index contributed by atoms with van der Waals surface area (Å²) < 4.78 is 18.8. The number of aliphatic hydroxyl groups is 1. The highest BCUT2D eigenvalue weighted by Crippen LogP contribution is 2.32. The third-order valence-electron chi connectivity index (χ3n) is 3.79. The van der Waals surface area contributed by atoms with Gasteiger partial charge in [-0.05, 0) is 60.2 Å². The van der Waals surface area contributed by atoms with Crippen molar-refractivity contribution >= 4 is 11.6 Å². The predicted octanol–water partition coefficient (Wildman–Crippen LogP) is 4.43. The van der Waals surface area contributed by atoms with Crippen LogP contribution in [0, 0.1) is 5.82 Å². The second-order valence-corrected chi connectivity index (χ2v) is 5.71. The van der Waals surface area contributed by atoms with Gasteiger partial charge in [0.05, 0.1) is 11.1 Å². The van der Waals surface area contributed by atoms with Gasteiger partial charge in [-0.3, -0.25) is 0 Å². The first kappa shape index (κ1) is 14.4. The molecule has 1 aliphatic rings. The van der Waals surface area contributed by atoms with E-state index in [-0.39, 0.29) is 5.02 Å². The van der Waals surface area contributed by atoms with E-state index in [1.165, 1.54) is 11.6 Å². The van der Waals surface area contributed by atoms with Crippen molar-refractivity contribution in [2.75, 3.05) is 0 Å². The molecule has 4 heteroatoms. The lowest BCUT2D eigenvalue weighted by Gasteiger charge is -2.22. The highest BCUT2D eigenvalue weighted by Gasteiger charge is 2.18. The van der Waals surface area contributed by atoms with Crippen LogP contribution in [0.2, 0.25) is 5.02 Å². The molecule has 2 nitrogen and oxygen atoms in total. The van der Waals surface area contributed by atoms with Crippen LogP contribution < -0.4 is 4.74 Å². The maximum Gasteiger partial charge on any atom is 0.141 e. The molecule has 1 aliphatic carbocycles. The van der Waals surface area contributed by atoms with Gasteiger partial charge in [-0.25, -0.2) is 4.39 Å². The Morgan fingerprint density at radius 2 is 2.10 bits per heavy atom. The molecule has 3 rings (SSSR count). The standard InChI is InChI=1S/C17H16ClFO2/c18-15-8-11(4-7-16(15)19)10-21-13-6-5-12-2-1-3-17(20)14(12)9-13/h4-9,17,20H,1-3,10H2/t17-/m1/s1. The first-order valence-electron chi connectivity index (χ1n) is 7.01. The average Bonchev–Trinajstić information content (AvgIpc) is 2.49. The van der Waals surface area contributed by atoms with Crippen molar-refractivity contribution in [1.29, 1.82) is 0 Å². The Bertz CT molecular complexity index is 657. The number of fused-ring (bicyclic) bond motifs is 1. The minimum absolute atomic E-state index is 0.0944. The summed E-state index contributed by atoms with van der Waals surface area (Å²) in [5, 5.41) is 10.1. The van der Waals surface area contributed by atoms with Crippen molar-refractivity contribution in [3.05, 3.63) is 63.9 Å².